The monoisotopic (exact) mass is 314 g/mol. The van der Waals surface area contributed by atoms with Crippen LogP contribution in [0.4, 0.5) is 5.69 Å². The molecule has 0 bridgehead atoms. The molecular weight excluding hydrogens is 292 g/mol. The van der Waals surface area contributed by atoms with Crippen LogP contribution >= 0.6 is 15.9 Å². The molecule has 2 N–H and O–H groups in total. The predicted molar refractivity (Wildman–Crippen MR) is 81.1 cm³/mol. The largest absolute Gasteiger partial charge is 0.380 e. The van der Waals surface area contributed by atoms with Gasteiger partial charge in [-0.3, -0.25) is 0 Å². The van der Waals surface area contributed by atoms with Gasteiger partial charge in [0.15, 0.2) is 0 Å². The van der Waals surface area contributed by atoms with Gasteiger partial charge < -0.3 is 15.4 Å². The normalized spacial score (nSPS) is 12.5. The Morgan fingerprint density at radius 1 is 1.39 bits per heavy atom. The van der Waals surface area contributed by atoms with Gasteiger partial charge >= 0.3 is 0 Å². The van der Waals surface area contributed by atoms with E-state index in [0.717, 1.165) is 36.3 Å². The molecule has 0 aromatic heterocycles. The van der Waals surface area contributed by atoms with Gasteiger partial charge in [-0.2, -0.15) is 0 Å². The fraction of sp³-hybridized carbons (Fsp3) is 0.571. The number of likely N-dealkylation sites (N-methyl/N-ethyl adjacent to an activating group) is 1. The van der Waals surface area contributed by atoms with Gasteiger partial charge in [0.25, 0.3) is 0 Å². The van der Waals surface area contributed by atoms with Gasteiger partial charge in [0.2, 0.25) is 0 Å². The van der Waals surface area contributed by atoms with Gasteiger partial charge in [-0.15, -0.1) is 0 Å². The molecule has 0 radical (unpaired) electrons. The first-order chi connectivity index (χ1) is 8.60. The Balaban J connectivity index is 2.77. The van der Waals surface area contributed by atoms with Gasteiger partial charge in [0.1, 0.15) is 0 Å². The van der Waals surface area contributed by atoms with Crippen molar-refractivity contribution >= 4 is 21.6 Å². The van der Waals surface area contributed by atoms with E-state index in [1.54, 1.807) is 0 Å². The number of nitrogens with two attached hydrogens (primary N) is 1. The van der Waals surface area contributed by atoms with E-state index >= 15 is 0 Å². The minimum atomic E-state index is 0.0481. The summed E-state index contributed by atoms with van der Waals surface area (Å²) < 4.78 is 6.48. The third kappa shape index (κ3) is 4.26. The summed E-state index contributed by atoms with van der Waals surface area (Å²) in [4.78, 5) is 2.30. The molecule has 0 unspecified atom stereocenters. The molecule has 0 fully saturated rings. The Hall–Kier alpha value is -0.580. The van der Waals surface area contributed by atoms with Crippen molar-refractivity contribution in [3.8, 4) is 0 Å². The van der Waals surface area contributed by atoms with Crippen molar-refractivity contribution in [1.82, 2.24) is 0 Å². The van der Waals surface area contributed by atoms with Crippen molar-refractivity contribution in [2.45, 2.75) is 26.8 Å². The third-order valence-corrected chi connectivity index (χ3v) is 3.62. The van der Waals surface area contributed by atoms with Crippen LogP contribution in [-0.2, 0) is 4.74 Å². The summed E-state index contributed by atoms with van der Waals surface area (Å²) in [6.45, 7) is 9.57. The molecule has 18 heavy (non-hydrogen) atoms. The molecule has 1 aromatic rings. The standard InChI is InChI=1S/C14H23BrN2O/c1-4-17(8-9-18-5-2)12-6-7-13(11(3)16)14(15)10-12/h6-7,10-11H,4-5,8-9,16H2,1-3H3/t11-/m0/s1. The molecule has 1 rings (SSSR count). The zero-order valence-electron chi connectivity index (χ0n) is 11.4. The number of hydrogen-bond donors (Lipinski definition) is 1. The van der Waals surface area contributed by atoms with Gasteiger partial charge in [0.05, 0.1) is 6.61 Å². The van der Waals surface area contributed by atoms with Crippen LogP contribution in [0, 0.1) is 0 Å². The number of halogens is 1. The van der Waals surface area contributed by atoms with Crippen LogP contribution in [0.25, 0.3) is 0 Å². The maximum Gasteiger partial charge on any atom is 0.0641 e. The fourth-order valence-corrected chi connectivity index (χ4v) is 2.60. The van der Waals surface area contributed by atoms with Gasteiger partial charge in [-0.1, -0.05) is 22.0 Å². The second-order valence-electron chi connectivity index (χ2n) is 4.27. The molecule has 0 amide bonds. The molecule has 0 aliphatic carbocycles. The van der Waals surface area contributed by atoms with Crippen molar-refractivity contribution in [3.05, 3.63) is 28.2 Å². The smallest absolute Gasteiger partial charge is 0.0641 e. The van der Waals surface area contributed by atoms with E-state index in [-0.39, 0.29) is 6.04 Å². The second-order valence-corrected chi connectivity index (χ2v) is 5.13. The van der Waals surface area contributed by atoms with Crippen LogP contribution in [-0.4, -0.2) is 26.3 Å². The molecule has 102 valence electrons. The van der Waals surface area contributed by atoms with Crippen molar-refractivity contribution in [3.63, 3.8) is 0 Å². The van der Waals surface area contributed by atoms with E-state index in [4.69, 9.17) is 10.5 Å². The van der Waals surface area contributed by atoms with Crippen molar-refractivity contribution < 1.29 is 4.74 Å². The summed E-state index contributed by atoms with van der Waals surface area (Å²) in [6, 6.07) is 6.40. The van der Waals surface area contributed by atoms with E-state index in [1.807, 2.05) is 13.8 Å². The summed E-state index contributed by atoms with van der Waals surface area (Å²) in [5.74, 6) is 0. The second kappa shape index (κ2) is 7.77. The van der Waals surface area contributed by atoms with Crippen LogP contribution in [0.1, 0.15) is 32.4 Å². The summed E-state index contributed by atoms with van der Waals surface area (Å²) in [7, 11) is 0. The Morgan fingerprint density at radius 3 is 2.61 bits per heavy atom. The minimum Gasteiger partial charge on any atom is -0.380 e. The highest BCUT2D eigenvalue weighted by molar-refractivity contribution is 9.10. The Kier molecular flexibility index (Phi) is 6.68. The quantitative estimate of drug-likeness (QED) is 0.784. The molecule has 4 heteroatoms. The topological polar surface area (TPSA) is 38.5 Å². The number of rotatable bonds is 7. The Labute approximate surface area is 118 Å². The summed E-state index contributed by atoms with van der Waals surface area (Å²) >= 11 is 3.59. The molecule has 3 nitrogen and oxygen atoms in total. The lowest BCUT2D eigenvalue weighted by Gasteiger charge is -2.24. The van der Waals surface area contributed by atoms with E-state index in [9.17, 15) is 0 Å². The Bertz CT molecular complexity index is 369. The van der Waals surface area contributed by atoms with E-state index in [2.05, 4.69) is 46.0 Å². The number of nitrogens with zero attached hydrogens (tertiary/aromatic N) is 1. The molecule has 1 aromatic carbocycles. The molecule has 0 saturated carbocycles. The highest BCUT2D eigenvalue weighted by Crippen LogP contribution is 2.27. The minimum absolute atomic E-state index is 0.0481. The molecule has 0 aliphatic heterocycles. The van der Waals surface area contributed by atoms with E-state index < -0.39 is 0 Å². The van der Waals surface area contributed by atoms with Crippen molar-refractivity contribution in [2.24, 2.45) is 5.73 Å². The predicted octanol–water partition coefficient (Wildman–Crippen LogP) is 3.33. The summed E-state index contributed by atoms with van der Waals surface area (Å²) in [5.41, 5.74) is 8.25. The number of benzene rings is 1. The van der Waals surface area contributed by atoms with Crippen LogP contribution in [0.2, 0.25) is 0 Å². The first-order valence-electron chi connectivity index (χ1n) is 6.47. The molecule has 1 atom stereocenters. The number of hydrogen-bond acceptors (Lipinski definition) is 3. The maximum absolute atomic E-state index is 5.91. The maximum atomic E-state index is 5.91. The first-order valence-corrected chi connectivity index (χ1v) is 7.27. The lowest BCUT2D eigenvalue weighted by Crippen LogP contribution is -2.27. The third-order valence-electron chi connectivity index (χ3n) is 2.93. The van der Waals surface area contributed by atoms with Gasteiger partial charge in [0, 0.05) is 35.9 Å². The first kappa shape index (κ1) is 15.5. The van der Waals surface area contributed by atoms with Crippen LogP contribution in [0.15, 0.2) is 22.7 Å². The lowest BCUT2D eigenvalue weighted by atomic mass is 10.1. The average molecular weight is 315 g/mol. The van der Waals surface area contributed by atoms with E-state index in [1.165, 1.54) is 5.69 Å². The van der Waals surface area contributed by atoms with Crippen molar-refractivity contribution in [2.75, 3.05) is 31.2 Å². The fourth-order valence-electron chi connectivity index (χ4n) is 1.87. The zero-order chi connectivity index (χ0) is 13.5. The van der Waals surface area contributed by atoms with Crippen LogP contribution in [0.3, 0.4) is 0 Å². The van der Waals surface area contributed by atoms with Crippen LogP contribution < -0.4 is 10.6 Å². The summed E-state index contributed by atoms with van der Waals surface area (Å²) in [5, 5.41) is 0. The molecule has 0 heterocycles. The molecular formula is C14H23BrN2O. The average Bonchev–Trinajstić information content (AvgIpc) is 2.34. The Morgan fingerprint density at radius 2 is 2.11 bits per heavy atom. The zero-order valence-corrected chi connectivity index (χ0v) is 13.0. The highest BCUT2D eigenvalue weighted by atomic mass is 79.9. The van der Waals surface area contributed by atoms with Crippen LogP contribution in [0.5, 0.6) is 0 Å². The number of anilines is 1. The van der Waals surface area contributed by atoms with E-state index in [0.29, 0.717) is 0 Å². The lowest BCUT2D eigenvalue weighted by molar-refractivity contribution is 0.154. The van der Waals surface area contributed by atoms with Gasteiger partial charge in [-0.25, -0.2) is 0 Å². The molecule has 0 aliphatic rings. The van der Waals surface area contributed by atoms with Gasteiger partial charge in [-0.05, 0) is 38.5 Å². The molecule has 0 saturated heterocycles. The SMILES string of the molecule is CCOCCN(CC)c1ccc([C@H](C)N)c(Br)c1. The molecule has 0 spiro atoms. The van der Waals surface area contributed by atoms with Crippen molar-refractivity contribution in [1.29, 1.82) is 0 Å². The number of ether oxygens (including phenoxy) is 1. The summed E-state index contributed by atoms with van der Waals surface area (Å²) in [6.07, 6.45) is 0. The highest BCUT2D eigenvalue weighted by Gasteiger charge is 2.09.